The normalized spacial score (nSPS) is 20.3. The highest BCUT2D eigenvalue weighted by Gasteiger charge is 2.29. The molecule has 2 fully saturated rings. The van der Waals surface area contributed by atoms with Crippen LogP contribution in [0, 0.1) is 11.7 Å². The minimum Gasteiger partial charge on any atom is -0.467 e. The number of piperidine rings is 2. The first-order valence-corrected chi connectivity index (χ1v) is 14.2. The van der Waals surface area contributed by atoms with Crippen molar-refractivity contribution in [2.24, 2.45) is 5.92 Å². The van der Waals surface area contributed by atoms with Crippen LogP contribution in [0.4, 0.5) is 4.39 Å². The Labute approximate surface area is 208 Å². The summed E-state index contributed by atoms with van der Waals surface area (Å²) in [7, 11) is -3.55. The number of benzene rings is 2. The Bertz CT molecular complexity index is 1320. The largest absolute Gasteiger partial charge is 0.467 e. The predicted octanol–water partition coefficient (Wildman–Crippen LogP) is 4.54. The van der Waals surface area contributed by atoms with Crippen LogP contribution in [0.3, 0.4) is 0 Å². The van der Waals surface area contributed by atoms with Gasteiger partial charge in [-0.25, -0.2) is 17.8 Å². The van der Waals surface area contributed by atoms with E-state index >= 15 is 0 Å². The molecule has 0 saturated carbocycles. The smallest absolute Gasteiger partial charge is 0.274 e. The van der Waals surface area contributed by atoms with Crippen LogP contribution in [0.15, 0.2) is 47.4 Å². The van der Waals surface area contributed by atoms with Crippen molar-refractivity contribution in [1.82, 2.24) is 14.2 Å². The number of thiazole rings is 1. The zero-order chi connectivity index (χ0) is 24.6. The van der Waals surface area contributed by atoms with Gasteiger partial charge in [-0.2, -0.15) is 4.31 Å². The first-order chi connectivity index (χ1) is 16.8. The summed E-state index contributed by atoms with van der Waals surface area (Å²) in [6.07, 6.45) is 3.17. The van der Waals surface area contributed by atoms with E-state index in [0.717, 1.165) is 17.5 Å². The summed E-state index contributed by atoms with van der Waals surface area (Å²) in [5.41, 5.74) is 1.18. The number of hydrogen-bond donors (Lipinski definition) is 0. The summed E-state index contributed by atoms with van der Waals surface area (Å²) in [6, 6.07) is 10.7. The third-order valence-electron chi connectivity index (χ3n) is 6.69. The molecule has 2 aliphatic rings. The highest BCUT2D eigenvalue weighted by atomic mass is 32.2. The van der Waals surface area contributed by atoms with E-state index in [1.54, 1.807) is 27.4 Å². The molecule has 1 amide bonds. The van der Waals surface area contributed by atoms with Crippen molar-refractivity contribution in [3.05, 3.63) is 53.8 Å². The minimum absolute atomic E-state index is 0.0658. The van der Waals surface area contributed by atoms with Crippen LogP contribution in [0.1, 0.15) is 43.0 Å². The van der Waals surface area contributed by atoms with Gasteiger partial charge in [-0.15, -0.1) is 0 Å². The second-order valence-electron chi connectivity index (χ2n) is 9.34. The Kier molecular flexibility index (Phi) is 6.78. The van der Waals surface area contributed by atoms with Crippen LogP contribution in [0.5, 0.6) is 5.19 Å². The lowest BCUT2D eigenvalue weighted by Crippen LogP contribution is -2.41. The number of halogens is 1. The summed E-state index contributed by atoms with van der Waals surface area (Å²) in [4.78, 5) is 19.4. The molecule has 1 atom stereocenters. The van der Waals surface area contributed by atoms with E-state index in [2.05, 4.69) is 11.9 Å². The third-order valence-corrected chi connectivity index (χ3v) is 9.47. The number of ether oxygens (including phenoxy) is 1. The molecule has 3 heterocycles. The molecule has 7 nitrogen and oxygen atoms in total. The fourth-order valence-corrected chi connectivity index (χ4v) is 7.22. The number of rotatable bonds is 5. The second-order valence-corrected chi connectivity index (χ2v) is 12.3. The molecule has 0 aliphatic carbocycles. The number of likely N-dealkylation sites (tertiary alicyclic amines) is 1. The van der Waals surface area contributed by atoms with Crippen molar-refractivity contribution in [2.45, 2.75) is 43.6 Å². The fraction of sp³-hybridized carbons (Fsp3) is 0.440. The summed E-state index contributed by atoms with van der Waals surface area (Å²) in [5, 5.41) is 0.510. The number of aromatic nitrogens is 1. The van der Waals surface area contributed by atoms with Crippen LogP contribution < -0.4 is 4.74 Å². The van der Waals surface area contributed by atoms with Crippen molar-refractivity contribution in [3.63, 3.8) is 0 Å². The molecule has 186 valence electrons. The van der Waals surface area contributed by atoms with E-state index in [1.807, 2.05) is 0 Å². The molecule has 3 aromatic rings. The van der Waals surface area contributed by atoms with Crippen LogP contribution in [0.25, 0.3) is 10.2 Å². The van der Waals surface area contributed by atoms with Gasteiger partial charge in [-0.1, -0.05) is 18.3 Å². The highest BCUT2D eigenvalue weighted by Crippen LogP contribution is 2.30. The van der Waals surface area contributed by atoms with Gasteiger partial charge in [0.05, 0.1) is 15.1 Å². The summed E-state index contributed by atoms with van der Waals surface area (Å²) in [6.45, 7) is 4.22. The topological polar surface area (TPSA) is 79.8 Å². The lowest BCUT2D eigenvalue weighted by molar-refractivity contribution is 0.0595. The van der Waals surface area contributed by atoms with Gasteiger partial charge in [-0.3, -0.25) is 4.79 Å². The fourth-order valence-electron chi connectivity index (χ4n) is 4.71. The van der Waals surface area contributed by atoms with Crippen LogP contribution in [-0.2, 0) is 10.0 Å². The van der Waals surface area contributed by atoms with Crippen molar-refractivity contribution in [2.75, 3.05) is 26.2 Å². The number of sulfonamides is 1. The predicted molar refractivity (Wildman–Crippen MR) is 133 cm³/mol. The average molecular weight is 518 g/mol. The zero-order valence-electron chi connectivity index (χ0n) is 19.5. The van der Waals surface area contributed by atoms with Gasteiger partial charge in [0.2, 0.25) is 10.0 Å². The van der Waals surface area contributed by atoms with Gasteiger partial charge < -0.3 is 9.64 Å². The van der Waals surface area contributed by atoms with Gasteiger partial charge in [0.1, 0.15) is 11.9 Å². The highest BCUT2D eigenvalue weighted by molar-refractivity contribution is 7.89. The van der Waals surface area contributed by atoms with Crippen LogP contribution in [0.2, 0.25) is 0 Å². The Balaban J connectivity index is 1.18. The molecule has 2 aliphatic heterocycles. The molecule has 0 radical (unpaired) electrons. The molecular formula is C25H28FN3O4S2. The van der Waals surface area contributed by atoms with E-state index in [0.29, 0.717) is 61.2 Å². The summed E-state index contributed by atoms with van der Waals surface area (Å²) >= 11 is 1.32. The van der Waals surface area contributed by atoms with E-state index in [9.17, 15) is 17.6 Å². The third kappa shape index (κ3) is 5.19. The number of amides is 1. The quantitative estimate of drug-likeness (QED) is 0.497. The van der Waals surface area contributed by atoms with Crippen LogP contribution >= 0.6 is 11.3 Å². The molecule has 35 heavy (non-hydrogen) atoms. The van der Waals surface area contributed by atoms with Gasteiger partial charge in [-0.05, 0) is 61.2 Å². The standard InChI is InChI=1S/C25H28FN3O4S2/c1-17-3-2-12-29(16-17)35(31,32)21-7-4-18(5-8-21)24(30)28-13-10-20(11-14-28)33-25-27-22-9-6-19(26)15-23(22)34-25/h4-9,15,17,20H,2-3,10-14,16H2,1H3. The lowest BCUT2D eigenvalue weighted by atomic mass is 10.0. The first-order valence-electron chi connectivity index (χ1n) is 11.9. The van der Waals surface area contributed by atoms with Crippen molar-refractivity contribution in [3.8, 4) is 5.19 Å². The molecule has 5 rings (SSSR count). The Hall–Kier alpha value is -2.56. The van der Waals surface area contributed by atoms with Gasteiger partial charge in [0.25, 0.3) is 11.1 Å². The average Bonchev–Trinajstić information content (AvgIpc) is 3.25. The van der Waals surface area contributed by atoms with Gasteiger partial charge >= 0.3 is 0 Å². The zero-order valence-corrected chi connectivity index (χ0v) is 21.2. The maximum absolute atomic E-state index is 13.4. The molecule has 2 saturated heterocycles. The van der Waals surface area contributed by atoms with Crippen LogP contribution in [-0.4, -0.2) is 60.8 Å². The number of hydrogen-bond acceptors (Lipinski definition) is 6. The molecular weight excluding hydrogens is 489 g/mol. The maximum Gasteiger partial charge on any atom is 0.274 e. The number of carbonyl (C=O) groups excluding carboxylic acids is 1. The van der Waals surface area contributed by atoms with Gasteiger partial charge in [0, 0.05) is 44.6 Å². The number of nitrogens with zero attached hydrogens (tertiary/aromatic N) is 3. The lowest BCUT2D eigenvalue weighted by Gasteiger charge is -2.32. The monoisotopic (exact) mass is 517 g/mol. The number of carbonyl (C=O) groups is 1. The van der Waals surface area contributed by atoms with E-state index in [4.69, 9.17) is 4.74 Å². The first kappa shape index (κ1) is 24.1. The molecule has 0 N–H and O–H groups in total. The Morgan fingerprint density at radius 3 is 2.54 bits per heavy atom. The second kappa shape index (κ2) is 9.83. The van der Waals surface area contributed by atoms with E-state index in [-0.39, 0.29) is 22.7 Å². The molecule has 2 aromatic carbocycles. The van der Waals surface area contributed by atoms with E-state index < -0.39 is 10.0 Å². The SMILES string of the molecule is CC1CCCN(S(=O)(=O)c2ccc(C(=O)N3CCC(Oc4nc5ccc(F)cc5s4)CC3)cc2)C1. The minimum atomic E-state index is -3.55. The molecule has 1 unspecified atom stereocenters. The summed E-state index contributed by atoms with van der Waals surface area (Å²) < 4.78 is 47.6. The molecule has 0 bridgehead atoms. The molecule has 10 heteroatoms. The number of fused-ring (bicyclic) bond motifs is 1. The van der Waals surface area contributed by atoms with Gasteiger partial charge in [0.15, 0.2) is 0 Å². The van der Waals surface area contributed by atoms with Crippen molar-refractivity contribution < 1.29 is 22.3 Å². The van der Waals surface area contributed by atoms with Crippen molar-refractivity contribution in [1.29, 1.82) is 0 Å². The van der Waals surface area contributed by atoms with E-state index in [1.165, 1.54) is 35.6 Å². The Morgan fingerprint density at radius 2 is 1.83 bits per heavy atom. The molecule has 0 spiro atoms. The van der Waals surface area contributed by atoms with Crippen molar-refractivity contribution >= 4 is 37.5 Å². The Morgan fingerprint density at radius 1 is 1.09 bits per heavy atom. The maximum atomic E-state index is 13.4. The molecule has 1 aromatic heterocycles. The summed E-state index contributed by atoms with van der Waals surface area (Å²) in [5.74, 6) is -0.0652.